The number of hydrogen-bond acceptors (Lipinski definition) is 1. The molecule has 0 N–H and O–H groups in total. The Balaban J connectivity index is 2.09. The molecule has 1 saturated heterocycles. The first kappa shape index (κ1) is 9.51. The molecule has 13 heavy (non-hydrogen) atoms. The van der Waals surface area contributed by atoms with Crippen LogP contribution in [0.3, 0.4) is 0 Å². The predicted octanol–water partition coefficient (Wildman–Crippen LogP) is 2.76. The van der Waals surface area contributed by atoms with Gasteiger partial charge >= 0.3 is 0 Å². The van der Waals surface area contributed by atoms with Crippen molar-refractivity contribution >= 4 is 0 Å². The normalized spacial score (nSPS) is 41.1. The summed E-state index contributed by atoms with van der Waals surface area (Å²) < 4.78 is 0. The van der Waals surface area contributed by atoms with Gasteiger partial charge in [0.15, 0.2) is 0 Å². The lowest BCUT2D eigenvalue weighted by Crippen LogP contribution is -2.34. The van der Waals surface area contributed by atoms with Gasteiger partial charge in [0.1, 0.15) is 0 Å². The van der Waals surface area contributed by atoms with Crippen molar-refractivity contribution in [2.24, 2.45) is 17.8 Å². The topological polar surface area (TPSA) is 3.24 Å². The van der Waals surface area contributed by atoms with Gasteiger partial charge in [0.25, 0.3) is 0 Å². The van der Waals surface area contributed by atoms with E-state index in [2.05, 4.69) is 25.8 Å². The average molecular weight is 181 g/mol. The molecular formula is C12H23N. The fourth-order valence-electron chi connectivity index (χ4n) is 3.73. The van der Waals surface area contributed by atoms with E-state index in [1.165, 1.54) is 32.2 Å². The van der Waals surface area contributed by atoms with E-state index in [9.17, 15) is 0 Å². The van der Waals surface area contributed by atoms with Crippen LogP contribution in [0, 0.1) is 17.8 Å². The Morgan fingerprint density at radius 2 is 1.85 bits per heavy atom. The van der Waals surface area contributed by atoms with Gasteiger partial charge in [0.2, 0.25) is 0 Å². The lowest BCUT2D eigenvalue weighted by molar-refractivity contribution is 0.186. The second-order valence-corrected chi connectivity index (χ2v) is 5.38. The molecule has 76 valence electrons. The average Bonchev–Trinajstić information content (AvgIpc) is 2.39. The molecule has 0 radical (unpaired) electrons. The van der Waals surface area contributed by atoms with Crippen LogP contribution in [-0.2, 0) is 0 Å². The lowest BCUT2D eigenvalue weighted by Gasteiger charge is -2.32. The summed E-state index contributed by atoms with van der Waals surface area (Å²) in [7, 11) is 2.32. The molecule has 0 spiro atoms. The maximum Gasteiger partial charge on any atom is 0.0147 e. The SMILES string of the molecule is CC(C)[C@@H]1C2CCCCC2CN1C. The summed E-state index contributed by atoms with van der Waals surface area (Å²) in [5.41, 5.74) is 0. The summed E-state index contributed by atoms with van der Waals surface area (Å²) in [6.07, 6.45) is 5.97. The molecule has 0 aromatic carbocycles. The van der Waals surface area contributed by atoms with E-state index >= 15 is 0 Å². The highest BCUT2D eigenvalue weighted by atomic mass is 15.2. The van der Waals surface area contributed by atoms with Gasteiger partial charge < -0.3 is 4.90 Å². The van der Waals surface area contributed by atoms with E-state index in [0.29, 0.717) is 0 Å². The second-order valence-electron chi connectivity index (χ2n) is 5.38. The number of hydrogen-bond donors (Lipinski definition) is 0. The lowest BCUT2D eigenvalue weighted by atomic mass is 9.76. The third-order valence-electron chi connectivity index (χ3n) is 4.12. The molecule has 0 amide bonds. The van der Waals surface area contributed by atoms with Gasteiger partial charge in [-0.15, -0.1) is 0 Å². The van der Waals surface area contributed by atoms with E-state index < -0.39 is 0 Å². The molecule has 0 aromatic rings. The number of fused-ring (bicyclic) bond motifs is 1. The van der Waals surface area contributed by atoms with Gasteiger partial charge in [-0.2, -0.15) is 0 Å². The molecule has 2 fully saturated rings. The van der Waals surface area contributed by atoms with Crippen molar-refractivity contribution in [2.75, 3.05) is 13.6 Å². The monoisotopic (exact) mass is 181 g/mol. The highest BCUT2D eigenvalue weighted by molar-refractivity contribution is 4.94. The molecule has 0 aromatic heterocycles. The Kier molecular flexibility index (Phi) is 2.64. The summed E-state index contributed by atoms with van der Waals surface area (Å²) in [5.74, 6) is 2.91. The van der Waals surface area contributed by atoms with Crippen LogP contribution < -0.4 is 0 Å². The number of rotatable bonds is 1. The maximum atomic E-state index is 2.62. The Morgan fingerprint density at radius 1 is 1.15 bits per heavy atom. The summed E-state index contributed by atoms with van der Waals surface area (Å²) in [4.78, 5) is 2.62. The largest absolute Gasteiger partial charge is 0.303 e. The van der Waals surface area contributed by atoms with Gasteiger partial charge in [-0.1, -0.05) is 26.7 Å². The van der Waals surface area contributed by atoms with Crippen molar-refractivity contribution in [1.82, 2.24) is 4.90 Å². The third kappa shape index (κ3) is 1.63. The van der Waals surface area contributed by atoms with Crippen molar-refractivity contribution in [3.05, 3.63) is 0 Å². The summed E-state index contributed by atoms with van der Waals surface area (Å²) >= 11 is 0. The zero-order chi connectivity index (χ0) is 9.42. The molecule has 1 aliphatic carbocycles. The molecule has 1 heterocycles. The van der Waals surface area contributed by atoms with Crippen LogP contribution in [0.25, 0.3) is 0 Å². The molecular weight excluding hydrogens is 158 g/mol. The van der Waals surface area contributed by atoms with E-state index in [1.54, 1.807) is 0 Å². The molecule has 2 rings (SSSR count). The third-order valence-corrected chi connectivity index (χ3v) is 4.12. The Hall–Kier alpha value is -0.0400. The molecule has 1 heteroatoms. The van der Waals surface area contributed by atoms with E-state index in [4.69, 9.17) is 0 Å². The van der Waals surface area contributed by atoms with Crippen LogP contribution >= 0.6 is 0 Å². The Morgan fingerprint density at radius 3 is 2.54 bits per heavy atom. The van der Waals surface area contributed by atoms with Crippen LogP contribution in [0.15, 0.2) is 0 Å². The summed E-state index contributed by atoms with van der Waals surface area (Å²) in [6, 6.07) is 0.880. The highest BCUT2D eigenvalue weighted by Gasteiger charge is 2.41. The second kappa shape index (κ2) is 3.61. The quantitative estimate of drug-likeness (QED) is 0.601. The number of likely N-dealkylation sites (tertiary alicyclic amines) is 1. The minimum atomic E-state index is 0.845. The summed E-state index contributed by atoms with van der Waals surface area (Å²) in [5, 5.41) is 0. The van der Waals surface area contributed by atoms with Crippen molar-refractivity contribution in [3.63, 3.8) is 0 Å². The smallest absolute Gasteiger partial charge is 0.0147 e. The first-order valence-electron chi connectivity index (χ1n) is 5.90. The van der Waals surface area contributed by atoms with Crippen molar-refractivity contribution in [3.8, 4) is 0 Å². The van der Waals surface area contributed by atoms with E-state index in [1.807, 2.05) is 0 Å². The van der Waals surface area contributed by atoms with Crippen LogP contribution in [0.4, 0.5) is 0 Å². The van der Waals surface area contributed by atoms with E-state index in [0.717, 1.165) is 23.8 Å². The van der Waals surface area contributed by atoms with Crippen LogP contribution in [0.1, 0.15) is 39.5 Å². The molecule has 1 aliphatic heterocycles. The molecule has 3 atom stereocenters. The molecule has 1 nitrogen and oxygen atoms in total. The first-order valence-corrected chi connectivity index (χ1v) is 5.90. The zero-order valence-corrected chi connectivity index (χ0v) is 9.29. The molecule has 2 unspecified atom stereocenters. The minimum absolute atomic E-state index is 0.845. The van der Waals surface area contributed by atoms with Gasteiger partial charge in [0.05, 0.1) is 0 Å². The van der Waals surface area contributed by atoms with Gasteiger partial charge in [-0.25, -0.2) is 0 Å². The van der Waals surface area contributed by atoms with Crippen LogP contribution in [0.2, 0.25) is 0 Å². The maximum absolute atomic E-state index is 2.62. The molecule has 2 aliphatic rings. The highest BCUT2D eigenvalue weighted by Crippen LogP contribution is 2.41. The van der Waals surface area contributed by atoms with Crippen LogP contribution in [0.5, 0.6) is 0 Å². The first-order chi connectivity index (χ1) is 6.20. The zero-order valence-electron chi connectivity index (χ0n) is 9.29. The Bertz CT molecular complexity index is 176. The minimum Gasteiger partial charge on any atom is -0.303 e. The molecule has 0 bridgehead atoms. The number of nitrogens with zero attached hydrogens (tertiary/aromatic N) is 1. The fourth-order valence-corrected chi connectivity index (χ4v) is 3.73. The standard InChI is InChI=1S/C12H23N/c1-9(2)12-11-7-5-4-6-10(11)8-13(12)3/h9-12H,4-8H2,1-3H3/t10?,11?,12-/m1/s1. The predicted molar refractivity (Wildman–Crippen MR) is 56.7 cm³/mol. The van der Waals surface area contributed by atoms with Crippen molar-refractivity contribution < 1.29 is 0 Å². The van der Waals surface area contributed by atoms with Crippen molar-refractivity contribution in [2.45, 2.75) is 45.6 Å². The fraction of sp³-hybridized carbons (Fsp3) is 1.00. The Labute approximate surface area is 82.5 Å². The van der Waals surface area contributed by atoms with Crippen LogP contribution in [-0.4, -0.2) is 24.5 Å². The van der Waals surface area contributed by atoms with Crippen molar-refractivity contribution in [1.29, 1.82) is 0 Å². The summed E-state index contributed by atoms with van der Waals surface area (Å²) in [6.45, 7) is 6.14. The van der Waals surface area contributed by atoms with Gasteiger partial charge in [0, 0.05) is 12.6 Å². The van der Waals surface area contributed by atoms with Gasteiger partial charge in [-0.05, 0) is 37.6 Å². The van der Waals surface area contributed by atoms with Gasteiger partial charge in [-0.3, -0.25) is 0 Å². The molecule has 1 saturated carbocycles. The van der Waals surface area contributed by atoms with E-state index in [-0.39, 0.29) is 0 Å².